The molecule has 2 aliphatic rings. The van der Waals surface area contributed by atoms with E-state index in [0.29, 0.717) is 32.7 Å². The maximum atomic E-state index is 12.5. The van der Waals surface area contributed by atoms with Crippen molar-refractivity contribution in [2.75, 3.05) is 45.9 Å². The minimum absolute atomic E-state index is 0.0329. The van der Waals surface area contributed by atoms with Gasteiger partial charge in [-0.25, -0.2) is 4.79 Å². The lowest BCUT2D eigenvalue weighted by Gasteiger charge is -2.43. The van der Waals surface area contributed by atoms with Crippen LogP contribution in [-0.4, -0.2) is 81.9 Å². The Morgan fingerprint density at radius 3 is 2.72 bits per heavy atom. The molecule has 2 atom stereocenters. The van der Waals surface area contributed by atoms with Gasteiger partial charge < -0.3 is 14.7 Å². The number of aromatic nitrogens is 2. The first-order valence-electron chi connectivity index (χ1n) is 8.48. The Morgan fingerprint density at radius 2 is 2.08 bits per heavy atom. The summed E-state index contributed by atoms with van der Waals surface area (Å²) in [5, 5.41) is 10.8. The summed E-state index contributed by atoms with van der Waals surface area (Å²) in [7, 11) is 0. The second-order valence-corrected chi connectivity index (χ2v) is 6.88. The molecule has 2 saturated heterocycles. The molecule has 2 aliphatic heterocycles. The van der Waals surface area contributed by atoms with Gasteiger partial charge in [0.15, 0.2) is 0 Å². The summed E-state index contributed by atoms with van der Waals surface area (Å²) in [6, 6.07) is 0.761. The van der Waals surface area contributed by atoms with Crippen molar-refractivity contribution in [2.45, 2.75) is 25.0 Å². The van der Waals surface area contributed by atoms with Crippen LogP contribution in [0.5, 0.6) is 0 Å². The van der Waals surface area contributed by atoms with Gasteiger partial charge in [-0.15, -0.1) is 0 Å². The molecule has 0 aromatic carbocycles. The van der Waals surface area contributed by atoms with Crippen molar-refractivity contribution in [3.8, 4) is 0 Å². The Bertz CT molecular complexity index is 735. The Kier molecular flexibility index (Phi) is 5.07. The number of nitrogens with one attached hydrogen (secondary N) is 1. The molecule has 0 spiro atoms. The summed E-state index contributed by atoms with van der Waals surface area (Å²) in [5.74, 6) is -0.0329. The minimum atomic E-state index is -1.26. The zero-order valence-electron chi connectivity index (χ0n) is 14.3. The predicted molar refractivity (Wildman–Crippen MR) is 89.4 cm³/mol. The summed E-state index contributed by atoms with van der Waals surface area (Å²) in [5.41, 5.74) is -2.29. The van der Waals surface area contributed by atoms with Gasteiger partial charge >= 0.3 is 5.69 Å². The third-order valence-corrected chi connectivity index (χ3v) is 4.90. The van der Waals surface area contributed by atoms with Gasteiger partial charge in [0.25, 0.3) is 5.56 Å². The second kappa shape index (κ2) is 7.11. The molecule has 9 nitrogen and oxygen atoms in total. The highest BCUT2D eigenvalue weighted by Crippen LogP contribution is 2.30. The fraction of sp³-hybridized carbons (Fsp3) is 0.688. The van der Waals surface area contributed by atoms with Crippen molar-refractivity contribution in [3.63, 3.8) is 0 Å². The fourth-order valence-electron chi connectivity index (χ4n) is 3.53. The van der Waals surface area contributed by atoms with Crippen LogP contribution in [0.15, 0.2) is 21.9 Å². The van der Waals surface area contributed by atoms with Crippen LogP contribution in [0, 0.1) is 0 Å². The molecule has 1 aromatic heterocycles. The summed E-state index contributed by atoms with van der Waals surface area (Å²) in [6.07, 6.45) is 1.83. The molecule has 3 rings (SSSR count). The average molecular weight is 352 g/mol. The van der Waals surface area contributed by atoms with Crippen LogP contribution in [-0.2, 0) is 9.53 Å². The lowest BCUT2D eigenvalue weighted by molar-refractivity contribution is -0.142. The normalized spacial score (nSPS) is 28.1. The highest BCUT2D eigenvalue weighted by atomic mass is 16.5. The molecule has 0 bridgehead atoms. The highest BCUT2D eigenvalue weighted by Gasteiger charge is 2.41. The number of hydrogen-bond donors (Lipinski definition) is 2. The van der Waals surface area contributed by atoms with Gasteiger partial charge in [-0.1, -0.05) is 0 Å². The van der Waals surface area contributed by atoms with E-state index in [-0.39, 0.29) is 12.5 Å². The zero-order chi connectivity index (χ0) is 18.0. The third kappa shape index (κ3) is 4.00. The van der Waals surface area contributed by atoms with Gasteiger partial charge in [0.2, 0.25) is 5.91 Å². The number of nitrogens with zero attached hydrogens (tertiary/aromatic N) is 3. The van der Waals surface area contributed by atoms with E-state index in [2.05, 4.69) is 4.98 Å². The lowest BCUT2D eigenvalue weighted by atomic mass is 9.88. The topological polar surface area (TPSA) is 108 Å². The van der Waals surface area contributed by atoms with Gasteiger partial charge in [0.05, 0.1) is 32.3 Å². The molecule has 1 aromatic rings. The molecule has 0 radical (unpaired) electrons. The summed E-state index contributed by atoms with van der Waals surface area (Å²) >= 11 is 0. The summed E-state index contributed by atoms with van der Waals surface area (Å²) in [4.78, 5) is 41.6. The van der Waals surface area contributed by atoms with Gasteiger partial charge in [-0.2, -0.15) is 0 Å². The highest BCUT2D eigenvalue weighted by molar-refractivity contribution is 5.78. The summed E-state index contributed by atoms with van der Waals surface area (Å²) < 4.78 is 6.62. The number of morpholine rings is 1. The van der Waals surface area contributed by atoms with E-state index < -0.39 is 22.9 Å². The van der Waals surface area contributed by atoms with Crippen LogP contribution >= 0.6 is 0 Å². The molecule has 2 N–H and O–H groups in total. The van der Waals surface area contributed by atoms with Gasteiger partial charge in [0.1, 0.15) is 5.60 Å². The van der Waals surface area contributed by atoms with Crippen molar-refractivity contribution in [1.82, 2.24) is 19.4 Å². The molecule has 0 aliphatic carbocycles. The molecule has 1 amide bonds. The Balaban J connectivity index is 1.68. The van der Waals surface area contributed by atoms with Crippen molar-refractivity contribution < 1.29 is 14.6 Å². The first kappa shape index (κ1) is 17.8. The SMILES string of the molecule is C[C@@]1(O)CN(C(=O)CN2CCOCC2)CC[C@H]1n1ccc(=O)[nH]c1=O. The van der Waals surface area contributed by atoms with Crippen LogP contribution in [0.2, 0.25) is 0 Å². The predicted octanol–water partition coefficient (Wildman–Crippen LogP) is -1.61. The number of likely N-dealkylation sites (tertiary alicyclic amines) is 1. The second-order valence-electron chi connectivity index (χ2n) is 6.88. The van der Waals surface area contributed by atoms with Crippen molar-refractivity contribution in [3.05, 3.63) is 33.1 Å². The van der Waals surface area contributed by atoms with Crippen LogP contribution in [0.3, 0.4) is 0 Å². The molecular weight excluding hydrogens is 328 g/mol. The number of carbonyl (C=O) groups is 1. The minimum Gasteiger partial charge on any atom is -0.386 e. The molecule has 3 heterocycles. The third-order valence-electron chi connectivity index (χ3n) is 4.90. The number of H-pyrrole nitrogens is 1. The molecular formula is C16H24N4O5. The van der Waals surface area contributed by atoms with E-state index >= 15 is 0 Å². The Labute approximate surface area is 144 Å². The van der Waals surface area contributed by atoms with E-state index in [1.54, 1.807) is 11.8 Å². The average Bonchev–Trinajstić information content (AvgIpc) is 2.56. The fourth-order valence-corrected chi connectivity index (χ4v) is 3.53. The van der Waals surface area contributed by atoms with Crippen LogP contribution in [0.1, 0.15) is 19.4 Å². The molecule has 138 valence electrons. The maximum Gasteiger partial charge on any atom is 0.328 e. The smallest absolute Gasteiger partial charge is 0.328 e. The van der Waals surface area contributed by atoms with E-state index in [4.69, 9.17) is 4.74 Å². The van der Waals surface area contributed by atoms with E-state index in [1.165, 1.54) is 16.8 Å². The van der Waals surface area contributed by atoms with E-state index in [9.17, 15) is 19.5 Å². The number of aromatic amines is 1. The number of carbonyl (C=O) groups excluding carboxylic acids is 1. The Hall–Kier alpha value is -1.97. The number of hydrogen-bond acceptors (Lipinski definition) is 6. The molecule has 25 heavy (non-hydrogen) atoms. The summed E-state index contributed by atoms with van der Waals surface area (Å²) in [6.45, 7) is 5.23. The quantitative estimate of drug-likeness (QED) is 0.678. The van der Waals surface area contributed by atoms with E-state index in [1.807, 2.05) is 4.90 Å². The van der Waals surface area contributed by atoms with Crippen LogP contribution < -0.4 is 11.2 Å². The number of piperidine rings is 1. The first-order valence-corrected chi connectivity index (χ1v) is 8.48. The van der Waals surface area contributed by atoms with Gasteiger partial charge in [0, 0.05) is 31.9 Å². The van der Waals surface area contributed by atoms with Crippen LogP contribution in [0.25, 0.3) is 0 Å². The van der Waals surface area contributed by atoms with Gasteiger partial charge in [-0.3, -0.25) is 24.0 Å². The number of β-amino-alcohol motifs (C(OH)–C–C–N with tert-alkyl or cyclic N) is 1. The molecule has 9 heteroatoms. The Morgan fingerprint density at radius 1 is 1.36 bits per heavy atom. The number of rotatable bonds is 3. The molecule has 2 fully saturated rings. The van der Waals surface area contributed by atoms with Crippen molar-refractivity contribution in [1.29, 1.82) is 0 Å². The lowest BCUT2D eigenvalue weighted by Crippen LogP contribution is -2.57. The standard InChI is InChI=1S/C16H24N4O5/c1-16(24)11-19(14(22)10-18-6-8-25-9-7-18)4-2-12(16)20-5-3-13(21)17-15(20)23/h3,5,12,24H,2,4,6-11H2,1H3,(H,17,21,23)/t12-,16-/m1/s1. The molecule has 0 saturated carbocycles. The first-order chi connectivity index (χ1) is 11.9. The largest absolute Gasteiger partial charge is 0.386 e. The number of ether oxygens (including phenoxy) is 1. The van der Waals surface area contributed by atoms with E-state index in [0.717, 1.165) is 13.1 Å². The monoisotopic (exact) mass is 352 g/mol. The zero-order valence-corrected chi connectivity index (χ0v) is 14.3. The van der Waals surface area contributed by atoms with Gasteiger partial charge in [-0.05, 0) is 13.3 Å². The van der Waals surface area contributed by atoms with Crippen molar-refractivity contribution in [2.24, 2.45) is 0 Å². The maximum absolute atomic E-state index is 12.5. The number of aliphatic hydroxyl groups is 1. The van der Waals surface area contributed by atoms with Crippen molar-refractivity contribution >= 4 is 5.91 Å². The van der Waals surface area contributed by atoms with Crippen LogP contribution in [0.4, 0.5) is 0 Å². The molecule has 0 unspecified atom stereocenters. The number of amides is 1.